The summed E-state index contributed by atoms with van der Waals surface area (Å²) in [6.45, 7) is 0. The lowest BCUT2D eigenvalue weighted by Crippen LogP contribution is -1.76. The molecule has 2 nitrogen and oxygen atoms in total. The van der Waals surface area contributed by atoms with Crippen molar-refractivity contribution in [3.63, 3.8) is 0 Å². The molecule has 0 aromatic rings. The topological polar surface area (TPSA) is 21.6 Å². The Bertz CT molecular complexity index is 157. The Kier molecular flexibility index (Phi) is 1.70. The molecule has 0 bridgehead atoms. The van der Waals surface area contributed by atoms with Gasteiger partial charge in [0.2, 0.25) is 0 Å². The minimum Gasteiger partial charge on any atom is -0.363 e. The van der Waals surface area contributed by atoms with Crippen LogP contribution >= 0.6 is 11.6 Å². The van der Waals surface area contributed by atoms with Gasteiger partial charge < -0.3 is 4.84 Å². The summed E-state index contributed by atoms with van der Waals surface area (Å²) in [6, 6.07) is 0. The Morgan fingerprint density at radius 2 is 2.38 bits per heavy atom. The molecule has 3 heteroatoms. The van der Waals surface area contributed by atoms with Gasteiger partial charge in [0.25, 0.3) is 0 Å². The van der Waals surface area contributed by atoms with Crippen molar-refractivity contribution in [2.75, 3.05) is 0 Å². The van der Waals surface area contributed by atoms with Gasteiger partial charge >= 0.3 is 0 Å². The van der Waals surface area contributed by atoms with E-state index in [1.165, 1.54) is 6.26 Å². The third-order valence-corrected chi connectivity index (χ3v) is 0.819. The zero-order chi connectivity index (χ0) is 5.82. The zero-order valence-corrected chi connectivity index (χ0v) is 4.80. The molecule has 0 saturated carbocycles. The van der Waals surface area contributed by atoms with Crippen LogP contribution in [-0.2, 0) is 4.84 Å². The average molecular weight is 130 g/mol. The lowest BCUT2D eigenvalue weighted by Gasteiger charge is -1.82. The second kappa shape index (κ2) is 2.52. The fourth-order valence-corrected chi connectivity index (χ4v) is 0.439. The van der Waals surface area contributed by atoms with Crippen molar-refractivity contribution in [2.45, 2.75) is 0 Å². The van der Waals surface area contributed by atoms with Crippen LogP contribution in [0.1, 0.15) is 0 Å². The van der Waals surface area contributed by atoms with Crippen molar-refractivity contribution < 1.29 is 4.84 Å². The molecule has 0 fully saturated rings. The van der Waals surface area contributed by atoms with Crippen LogP contribution in [0.4, 0.5) is 0 Å². The van der Waals surface area contributed by atoms with E-state index >= 15 is 0 Å². The maximum absolute atomic E-state index is 5.42. The van der Waals surface area contributed by atoms with E-state index in [0.29, 0.717) is 5.17 Å². The molecule has 1 heterocycles. The van der Waals surface area contributed by atoms with Crippen molar-refractivity contribution in [3.8, 4) is 0 Å². The number of allylic oxidation sites excluding steroid dienone is 3. The Hall–Kier alpha value is -0.760. The molecule has 0 aromatic heterocycles. The molecule has 1 aliphatic rings. The lowest BCUT2D eigenvalue weighted by molar-refractivity contribution is 0.270. The van der Waals surface area contributed by atoms with Gasteiger partial charge in [0.15, 0.2) is 5.17 Å². The number of halogens is 1. The molecule has 8 heavy (non-hydrogen) atoms. The van der Waals surface area contributed by atoms with Gasteiger partial charge in [-0.1, -0.05) is 22.8 Å². The summed E-state index contributed by atoms with van der Waals surface area (Å²) in [5, 5.41) is 3.79. The fraction of sp³-hybridized carbons (Fsp3) is 0. The fourth-order valence-electron chi connectivity index (χ4n) is 0.327. The summed E-state index contributed by atoms with van der Waals surface area (Å²) in [5.41, 5.74) is 0. The molecule has 0 unspecified atom stereocenters. The Morgan fingerprint density at radius 3 is 3.25 bits per heavy atom. The number of hydrogen-bond donors (Lipinski definition) is 0. The monoisotopic (exact) mass is 129 g/mol. The standard InChI is InChI=1S/C5H4ClNO/c6-5-3-1-2-4-8-7-5/h1-4H. The molecule has 1 aliphatic heterocycles. The molecule has 42 valence electrons. The van der Waals surface area contributed by atoms with Crippen LogP contribution in [0.25, 0.3) is 0 Å². The maximum atomic E-state index is 5.42. The minimum atomic E-state index is 0.356. The van der Waals surface area contributed by atoms with Crippen LogP contribution in [0.2, 0.25) is 0 Å². The SMILES string of the molecule is ClC1=NOC=CC=C1. The molecule has 0 aromatic carbocycles. The van der Waals surface area contributed by atoms with E-state index in [4.69, 9.17) is 11.6 Å². The normalized spacial score (nSPS) is 16.9. The van der Waals surface area contributed by atoms with Gasteiger partial charge in [-0.15, -0.1) is 0 Å². The van der Waals surface area contributed by atoms with Crippen molar-refractivity contribution in [2.24, 2.45) is 5.16 Å². The molecule has 0 radical (unpaired) electrons. The highest BCUT2D eigenvalue weighted by molar-refractivity contribution is 6.68. The van der Waals surface area contributed by atoms with Gasteiger partial charge in [0.05, 0.1) is 0 Å². The molecule has 0 spiro atoms. The van der Waals surface area contributed by atoms with Gasteiger partial charge in [0, 0.05) is 0 Å². The predicted octanol–water partition coefficient (Wildman–Crippen LogP) is 1.64. The first-order valence-corrected chi connectivity index (χ1v) is 2.50. The van der Waals surface area contributed by atoms with Crippen LogP contribution in [0.3, 0.4) is 0 Å². The van der Waals surface area contributed by atoms with Crippen molar-refractivity contribution in [3.05, 3.63) is 24.5 Å². The second-order valence-electron chi connectivity index (χ2n) is 1.21. The van der Waals surface area contributed by atoms with Gasteiger partial charge in [-0.05, 0) is 12.2 Å². The Labute approximate surface area is 52.1 Å². The Balaban J connectivity index is 2.69. The smallest absolute Gasteiger partial charge is 0.168 e. The predicted molar refractivity (Wildman–Crippen MR) is 32.7 cm³/mol. The van der Waals surface area contributed by atoms with Crippen LogP contribution in [-0.4, -0.2) is 5.17 Å². The molecule has 0 atom stereocenters. The average Bonchev–Trinajstić information content (AvgIpc) is 1.94. The summed E-state index contributed by atoms with van der Waals surface area (Å²) in [5.74, 6) is 0. The molecular formula is C5H4ClNO. The van der Waals surface area contributed by atoms with Gasteiger partial charge in [0.1, 0.15) is 6.26 Å². The Morgan fingerprint density at radius 1 is 1.50 bits per heavy atom. The first-order valence-electron chi connectivity index (χ1n) is 2.12. The van der Waals surface area contributed by atoms with E-state index in [0.717, 1.165) is 0 Å². The molecule has 0 amide bonds. The van der Waals surface area contributed by atoms with Crippen LogP contribution < -0.4 is 0 Å². The van der Waals surface area contributed by atoms with E-state index < -0.39 is 0 Å². The van der Waals surface area contributed by atoms with E-state index in [1.807, 2.05) is 0 Å². The van der Waals surface area contributed by atoms with Crippen molar-refractivity contribution in [1.82, 2.24) is 0 Å². The number of nitrogens with zero attached hydrogens (tertiary/aromatic N) is 1. The first kappa shape index (κ1) is 5.38. The summed E-state index contributed by atoms with van der Waals surface area (Å²) >= 11 is 5.42. The second-order valence-corrected chi connectivity index (χ2v) is 1.59. The number of oxime groups is 1. The lowest BCUT2D eigenvalue weighted by atomic mass is 10.5. The third kappa shape index (κ3) is 1.39. The summed E-state index contributed by atoms with van der Waals surface area (Å²) in [4.78, 5) is 4.52. The van der Waals surface area contributed by atoms with Crippen molar-refractivity contribution in [1.29, 1.82) is 0 Å². The van der Waals surface area contributed by atoms with Crippen LogP contribution in [0.5, 0.6) is 0 Å². The third-order valence-electron chi connectivity index (χ3n) is 0.624. The molecule has 0 saturated heterocycles. The molecule has 0 aliphatic carbocycles. The number of hydrogen-bond acceptors (Lipinski definition) is 2. The first-order chi connectivity index (χ1) is 3.89. The van der Waals surface area contributed by atoms with E-state index in [2.05, 4.69) is 9.99 Å². The van der Waals surface area contributed by atoms with E-state index in [9.17, 15) is 0 Å². The van der Waals surface area contributed by atoms with Gasteiger partial charge in [-0.2, -0.15) is 0 Å². The molecule has 1 rings (SSSR count). The summed E-state index contributed by atoms with van der Waals surface area (Å²) in [7, 11) is 0. The molecule has 0 N–H and O–H groups in total. The highest BCUT2D eigenvalue weighted by atomic mass is 35.5. The van der Waals surface area contributed by atoms with E-state index in [-0.39, 0.29) is 0 Å². The highest BCUT2D eigenvalue weighted by Crippen LogP contribution is 1.95. The van der Waals surface area contributed by atoms with Gasteiger partial charge in [-0.3, -0.25) is 0 Å². The van der Waals surface area contributed by atoms with Crippen molar-refractivity contribution >= 4 is 16.8 Å². The van der Waals surface area contributed by atoms with E-state index in [1.54, 1.807) is 18.2 Å². The molecular weight excluding hydrogens is 126 g/mol. The van der Waals surface area contributed by atoms with Crippen LogP contribution in [0, 0.1) is 0 Å². The minimum absolute atomic E-state index is 0.356. The summed E-state index contributed by atoms with van der Waals surface area (Å²) in [6.07, 6.45) is 6.55. The summed E-state index contributed by atoms with van der Waals surface area (Å²) < 4.78 is 0. The van der Waals surface area contributed by atoms with Crippen LogP contribution in [0.15, 0.2) is 29.6 Å². The number of rotatable bonds is 0. The highest BCUT2D eigenvalue weighted by Gasteiger charge is 1.86. The maximum Gasteiger partial charge on any atom is 0.168 e. The zero-order valence-electron chi connectivity index (χ0n) is 4.04. The largest absolute Gasteiger partial charge is 0.363 e. The van der Waals surface area contributed by atoms with Gasteiger partial charge in [-0.25, -0.2) is 0 Å². The quantitative estimate of drug-likeness (QED) is 0.487.